The lowest BCUT2D eigenvalue weighted by molar-refractivity contribution is -0.121. The molecular weight excluding hydrogens is 287 g/mol. The Kier molecular flexibility index (Phi) is 2.64. The van der Waals surface area contributed by atoms with Crippen molar-refractivity contribution in [2.45, 2.75) is 26.2 Å². The Balaban J connectivity index is 2.24. The molecule has 2 rings (SSSR count). The average molecular weight is 300 g/mol. The summed E-state index contributed by atoms with van der Waals surface area (Å²) in [5, 5.41) is 0. The monoisotopic (exact) mass is 300 g/mol. The minimum atomic E-state index is 0.183. The Morgan fingerprint density at radius 1 is 1.57 bits per heavy atom. The van der Waals surface area contributed by atoms with Gasteiger partial charge in [-0.05, 0) is 65.1 Å². The third-order valence-electron chi connectivity index (χ3n) is 3.19. The molecule has 2 atom stereocenters. The second-order valence-corrected chi connectivity index (χ2v) is 5.30. The fourth-order valence-electron chi connectivity index (χ4n) is 2.06. The van der Waals surface area contributed by atoms with Crippen LogP contribution in [0.5, 0.6) is 0 Å². The molecule has 14 heavy (non-hydrogen) atoms. The fraction of sp³-hybridized carbons (Fsp3) is 0.417. The Morgan fingerprint density at radius 3 is 2.86 bits per heavy atom. The molecule has 0 saturated carbocycles. The van der Waals surface area contributed by atoms with E-state index in [1.165, 1.54) is 14.7 Å². The lowest BCUT2D eigenvalue weighted by Crippen LogP contribution is -2.27. The van der Waals surface area contributed by atoms with Crippen LogP contribution in [0.2, 0.25) is 0 Å². The van der Waals surface area contributed by atoms with E-state index in [0.717, 1.165) is 6.42 Å². The Labute approximate surface area is 98.0 Å². The highest BCUT2D eigenvalue weighted by atomic mass is 127. The number of hydrogen-bond donors (Lipinski definition) is 0. The molecule has 0 amide bonds. The van der Waals surface area contributed by atoms with Crippen LogP contribution in [0, 0.1) is 9.49 Å². The van der Waals surface area contributed by atoms with Crippen molar-refractivity contribution in [1.82, 2.24) is 0 Å². The van der Waals surface area contributed by atoms with Crippen LogP contribution in [-0.4, -0.2) is 5.78 Å². The first-order valence-corrected chi connectivity index (χ1v) is 5.96. The van der Waals surface area contributed by atoms with Crippen molar-refractivity contribution in [2.24, 2.45) is 5.92 Å². The van der Waals surface area contributed by atoms with E-state index >= 15 is 0 Å². The fourth-order valence-corrected chi connectivity index (χ4v) is 2.61. The molecule has 0 aliphatic heterocycles. The summed E-state index contributed by atoms with van der Waals surface area (Å²) in [4.78, 5) is 11.3. The maximum atomic E-state index is 11.3. The molecule has 1 aliphatic carbocycles. The average Bonchev–Trinajstić information content (AvgIpc) is 2.09. The van der Waals surface area contributed by atoms with Crippen molar-refractivity contribution in [1.29, 1.82) is 0 Å². The van der Waals surface area contributed by atoms with Gasteiger partial charge in [-0.15, -0.1) is 0 Å². The van der Waals surface area contributed by atoms with Crippen molar-refractivity contribution in [3.8, 4) is 0 Å². The van der Waals surface area contributed by atoms with E-state index in [1.54, 1.807) is 6.92 Å². The van der Waals surface area contributed by atoms with E-state index in [1.807, 2.05) is 6.92 Å². The minimum Gasteiger partial charge on any atom is -0.300 e. The molecule has 74 valence electrons. The van der Waals surface area contributed by atoms with Crippen LogP contribution in [0.25, 0.3) is 0 Å². The van der Waals surface area contributed by atoms with Gasteiger partial charge < -0.3 is 0 Å². The first-order valence-electron chi connectivity index (χ1n) is 4.88. The van der Waals surface area contributed by atoms with Crippen LogP contribution in [0.4, 0.5) is 0 Å². The highest BCUT2D eigenvalue weighted by Gasteiger charge is 2.32. The predicted octanol–water partition coefficient (Wildman–Crippen LogP) is 3.16. The van der Waals surface area contributed by atoms with Gasteiger partial charge in [0.1, 0.15) is 5.78 Å². The smallest absolute Gasteiger partial charge is 0.133 e. The second-order valence-electron chi connectivity index (χ2n) is 4.05. The predicted molar refractivity (Wildman–Crippen MR) is 65.4 cm³/mol. The summed E-state index contributed by atoms with van der Waals surface area (Å²) < 4.78 is 1.29. The topological polar surface area (TPSA) is 17.1 Å². The van der Waals surface area contributed by atoms with E-state index in [0.29, 0.717) is 11.7 Å². The number of ketones is 1. The normalized spacial score (nSPS) is 20.9. The molecule has 0 bridgehead atoms. The number of benzene rings is 1. The van der Waals surface area contributed by atoms with E-state index in [9.17, 15) is 4.79 Å². The maximum absolute atomic E-state index is 11.3. The molecule has 1 unspecified atom stereocenters. The molecule has 1 aromatic rings. The second kappa shape index (κ2) is 3.65. The lowest BCUT2D eigenvalue weighted by atomic mass is 9.70. The molecule has 1 aromatic carbocycles. The first-order chi connectivity index (χ1) is 6.59. The number of rotatable bonds is 2. The van der Waals surface area contributed by atoms with E-state index in [-0.39, 0.29) is 5.92 Å². The first kappa shape index (κ1) is 10.1. The standard InChI is InChI=1S/C12H13IO/c1-7(8(2)14)12-6-9-5-10(13)3-4-11(9)12/h3-5,7,12H,6H2,1-2H3/t7?,12-/m0/s1. The SMILES string of the molecule is CC(=O)C(C)[C@@H]1Cc2cc(I)ccc21. The number of carbonyl (C=O) groups is 1. The highest BCUT2D eigenvalue weighted by Crippen LogP contribution is 2.41. The highest BCUT2D eigenvalue weighted by molar-refractivity contribution is 14.1. The Morgan fingerprint density at radius 2 is 2.29 bits per heavy atom. The van der Waals surface area contributed by atoms with E-state index in [4.69, 9.17) is 0 Å². The van der Waals surface area contributed by atoms with Gasteiger partial charge in [0.25, 0.3) is 0 Å². The van der Waals surface area contributed by atoms with Crippen molar-refractivity contribution in [3.05, 3.63) is 32.9 Å². The summed E-state index contributed by atoms with van der Waals surface area (Å²) in [6.45, 7) is 3.73. The quantitative estimate of drug-likeness (QED) is 0.767. The summed E-state index contributed by atoms with van der Waals surface area (Å²) >= 11 is 2.33. The van der Waals surface area contributed by atoms with Gasteiger partial charge >= 0.3 is 0 Å². The molecule has 1 nitrogen and oxygen atoms in total. The zero-order valence-electron chi connectivity index (χ0n) is 8.38. The Bertz CT molecular complexity index is 384. The zero-order valence-corrected chi connectivity index (χ0v) is 10.5. The molecule has 0 spiro atoms. The van der Waals surface area contributed by atoms with Gasteiger partial charge in [0, 0.05) is 9.49 Å². The number of halogens is 1. The summed E-state index contributed by atoms with van der Waals surface area (Å²) in [6.07, 6.45) is 1.08. The zero-order chi connectivity index (χ0) is 10.3. The number of carbonyl (C=O) groups excluding carboxylic acids is 1. The van der Waals surface area contributed by atoms with Crippen LogP contribution in [0.15, 0.2) is 18.2 Å². The maximum Gasteiger partial charge on any atom is 0.133 e. The van der Waals surface area contributed by atoms with Gasteiger partial charge in [-0.1, -0.05) is 13.0 Å². The molecule has 0 radical (unpaired) electrons. The molecule has 0 fully saturated rings. The van der Waals surface area contributed by atoms with Gasteiger partial charge in [-0.2, -0.15) is 0 Å². The van der Waals surface area contributed by atoms with Crippen LogP contribution in [0.3, 0.4) is 0 Å². The van der Waals surface area contributed by atoms with Crippen LogP contribution < -0.4 is 0 Å². The van der Waals surface area contributed by atoms with Crippen molar-refractivity contribution in [2.75, 3.05) is 0 Å². The molecule has 2 heteroatoms. The Hall–Kier alpha value is -0.380. The van der Waals surface area contributed by atoms with Crippen LogP contribution in [0.1, 0.15) is 30.9 Å². The van der Waals surface area contributed by atoms with Crippen molar-refractivity contribution in [3.63, 3.8) is 0 Å². The third-order valence-corrected chi connectivity index (χ3v) is 3.86. The molecule has 0 N–H and O–H groups in total. The number of hydrogen-bond acceptors (Lipinski definition) is 1. The number of Topliss-reactive ketones (excluding diaryl/α,β-unsaturated/α-hetero) is 1. The molecule has 0 heterocycles. The summed E-state index contributed by atoms with van der Waals surface area (Å²) in [5.74, 6) is 0.960. The number of fused-ring (bicyclic) bond motifs is 1. The summed E-state index contributed by atoms with van der Waals surface area (Å²) in [6, 6.07) is 6.52. The molecular formula is C12H13IO. The van der Waals surface area contributed by atoms with E-state index < -0.39 is 0 Å². The third kappa shape index (κ3) is 1.60. The summed E-state index contributed by atoms with van der Waals surface area (Å²) in [5.41, 5.74) is 2.81. The lowest BCUT2D eigenvalue weighted by Gasteiger charge is -2.33. The largest absolute Gasteiger partial charge is 0.300 e. The van der Waals surface area contributed by atoms with Crippen molar-refractivity contribution < 1.29 is 4.79 Å². The van der Waals surface area contributed by atoms with Gasteiger partial charge in [0.2, 0.25) is 0 Å². The van der Waals surface area contributed by atoms with E-state index in [2.05, 4.69) is 40.8 Å². The molecule has 0 aromatic heterocycles. The molecule has 0 saturated heterocycles. The van der Waals surface area contributed by atoms with Gasteiger partial charge in [0.05, 0.1) is 0 Å². The molecule has 1 aliphatic rings. The van der Waals surface area contributed by atoms with Gasteiger partial charge in [-0.3, -0.25) is 4.79 Å². The minimum absolute atomic E-state index is 0.183. The van der Waals surface area contributed by atoms with Gasteiger partial charge in [-0.25, -0.2) is 0 Å². The van der Waals surface area contributed by atoms with Crippen LogP contribution >= 0.6 is 22.6 Å². The van der Waals surface area contributed by atoms with Crippen molar-refractivity contribution >= 4 is 28.4 Å². The van der Waals surface area contributed by atoms with Crippen LogP contribution in [-0.2, 0) is 11.2 Å². The summed E-state index contributed by atoms with van der Waals surface area (Å²) in [7, 11) is 0. The van der Waals surface area contributed by atoms with Gasteiger partial charge in [0.15, 0.2) is 0 Å².